The van der Waals surface area contributed by atoms with Crippen LogP contribution >= 0.6 is 0 Å². The summed E-state index contributed by atoms with van der Waals surface area (Å²) in [5.74, 6) is 0.393. The number of ketones is 1. The second-order valence-corrected chi connectivity index (χ2v) is 7.66. The summed E-state index contributed by atoms with van der Waals surface area (Å²) < 4.78 is 18.4. The van der Waals surface area contributed by atoms with Crippen molar-refractivity contribution in [3.63, 3.8) is 0 Å². The van der Waals surface area contributed by atoms with E-state index in [1.807, 2.05) is 10.8 Å². The van der Waals surface area contributed by atoms with Crippen LogP contribution in [-0.2, 0) is 16.1 Å². The number of aromatic nitrogens is 2. The maximum Gasteiger partial charge on any atom is 0.295 e. The number of aryl methyl sites for hydroxylation is 2. The van der Waals surface area contributed by atoms with Gasteiger partial charge in [-0.15, -0.1) is 0 Å². The number of aliphatic hydroxyl groups excluding tert-OH is 1. The lowest BCUT2D eigenvalue weighted by Gasteiger charge is -2.23. The van der Waals surface area contributed by atoms with Gasteiger partial charge in [0.25, 0.3) is 11.7 Å². The van der Waals surface area contributed by atoms with Gasteiger partial charge in [0.15, 0.2) is 11.5 Å². The van der Waals surface area contributed by atoms with Gasteiger partial charge in [-0.1, -0.05) is 0 Å². The second-order valence-electron chi connectivity index (χ2n) is 7.66. The van der Waals surface area contributed by atoms with E-state index in [9.17, 15) is 14.7 Å². The van der Waals surface area contributed by atoms with Gasteiger partial charge in [-0.05, 0) is 43.7 Å². The van der Waals surface area contributed by atoms with Gasteiger partial charge < -0.3 is 28.5 Å². The minimum atomic E-state index is -0.822. The van der Waals surface area contributed by atoms with Gasteiger partial charge in [0, 0.05) is 31.0 Å². The van der Waals surface area contributed by atoms with Crippen LogP contribution in [0, 0.1) is 6.92 Å². The molecule has 0 aliphatic carbocycles. The summed E-state index contributed by atoms with van der Waals surface area (Å²) in [5.41, 5.74) is 0.352. The van der Waals surface area contributed by atoms with Gasteiger partial charge in [0.05, 0.1) is 11.9 Å². The highest BCUT2D eigenvalue weighted by Crippen LogP contribution is 2.41. The summed E-state index contributed by atoms with van der Waals surface area (Å²) in [6, 6.07) is 7.54. The molecule has 2 aliphatic heterocycles. The quantitative estimate of drug-likeness (QED) is 0.360. The molecule has 1 atom stereocenters. The fourth-order valence-corrected chi connectivity index (χ4v) is 4.05. The van der Waals surface area contributed by atoms with Crippen molar-refractivity contribution in [2.75, 3.05) is 13.3 Å². The van der Waals surface area contributed by atoms with Crippen LogP contribution in [0.25, 0.3) is 5.76 Å². The van der Waals surface area contributed by atoms with E-state index < -0.39 is 17.7 Å². The van der Waals surface area contributed by atoms with E-state index in [-0.39, 0.29) is 18.1 Å². The normalized spacial score (nSPS) is 19.2. The molecule has 0 bridgehead atoms. The average molecular weight is 435 g/mol. The van der Waals surface area contributed by atoms with Crippen LogP contribution in [0.5, 0.6) is 11.5 Å². The van der Waals surface area contributed by atoms with Crippen LogP contribution in [0.3, 0.4) is 0 Å². The van der Waals surface area contributed by atoms with E-state index in [4.69, 9.17) is 13.9 Å². The fraction of sp³-hybridized carbons (Fsp3) is 0.261. The van der Waals surface area contributed by atoms with Crippen LogP contribution in [0.2, 0.25) is 0 Å². The van der Waals surface area contributed by atoms with Crippen LogP contribution in [0.15, 0.2) is 59.0 Å². The molecular weight excluding hydrogens is 414 g/mol. The molecule has 9 heteroatoms. The molecule has 1 amide bonds. The van der Waals surface area contributed by atoms with Crippen molar-refractivity contribution in [2.45, 2.75) is 25.9 Å². The maximum absolute atomic E-state index is 13.0. The number of benzene rings is 1. The van der Waals surface area contributed by atoms with Crippen LogP contribution in [-0.4, -0.2) is 44.6 Å². The van der Waals surface area contributed by atoms with Gasteiger partial charge in [-0.3, -0.25) is 9.59 Å². The summed E-state index contributed by atoms with van der Waals surface area (Å²) in [4.78, 5) is 31.4. The molecule has 1 saturated heterocycles. The molecule has 0 spiro atoms. The van der Waals surface area contributed by atoms with Gasteiger partial charge in [-0.25, -0.2) is 4.98 Å². The number of hydrogen-bond donors (Lipinski definition) is 1. The first kappa shape index (κ1) is 19.9. The number of ether oxygens (including phenoxy) is 2. The van der Waals surface area contributed by atoms with Crippen molar-refractivity contribution >= 4 is 17.4 Å². The largest absolute Gasteiger partial charge is 0.507 e. The number of furan rings is 1. The number of amides is 1. The first-order valence-electron chi connectivity index (χ1n) is 10.2. The monoisotopic (exact) mass is 435 g/mol. The predicted molar refractivity (Wildman–Crippen MR) is 112 cm³/mol. The number of carbonyl (C=O) groups is 2. The number of carbonyl (C=O) groups excluding carboxylic acids is 2. The Morgan fingerprint density at radius 1 is 1.16 bits per heavy atom. The Balaban J connectivity index is 1.52. The SMILES string of the molecule is Cc1ccc(C2C(=C(O)c3ccc4c(c3)OCO4)C(=O)C(=O)N2CCCn2ccnc2)o1. The van der Waals surface area contributed by atoms with Crippen LogP contribution < -0.4 is 9.47 Å². The zero-order valence-corrected chi connectivity index (χ0v) is 17.4. The highest BCUT2D eigenvalue weighted by atomic mass is 16.7. The summed E-state index contributed by atoms with van der Waals surface area (Å²) in [6.07, 6.45) is 5.81. The van der Waals surface area contributed by atoms with Gasteiger partial charge in [0.1, 0.15) is 23.3 Å². The van der Waals surface area contributed by atoms with Crippen molar-refractivity contribution in [3.8, 4) is 11.5 Å². The maximum atomic E-state index is 13.0. The van der Waals surface area contributed by atoms with Crippen molar-refractivity contribution in [2.24, 2.45) is 0 Å². The highest BCUT2D eigenvalue weighted by Gasteiger charge is 2.47. The Labute approximate surface area is 183 Å². The molecule has 32 heavy (non-hydrogen) atoms. The molecule has 164 valence electrons. The summed E-state index contributed by atoms with van der Waals surface area (Å²) >= 11 is 0. The van der Waals surface area contributed by atoms with Crippen molar-refractivity contribution in [1.29, 1.82) is 0 Å². The number of hydrogen-bond acceptors (Lipinski definition) is 7. The number of fused-ring (bicyclic) bond motifs is 1. The molecule has 2 aromatic heterocycles. The number of rotatable bonds is 6. The Morgan fingerprint density at radius 3 is 2.75 bits per heavy atom. The number of imidazole rings is 1. The lowest BCUT2D eigenvalue weighted by molar-refractivity contribution is -0.140. The number of nitrogens with zero attached hydrogens (tertiary/aromatic N) is 3. The van der Waals surface area contributed by atoms with Crippen molar-refractivity contribution in [3.05, 3.63) is 71.7 Å². The van der Waals surface area contributed by atoms with E-state index in [1.54, 1.807) is 49.8 Å². The summed E-state index contributed by atoms with van der Waals surface area (Å²) in [7, 11) is 0. The Hall–Kier alpha value is -4.01. The van der Waals surface area contributed by atoms with Crippen LogP contribution in [0.4, 0.5) is 0 Å². The van der Waals surface area contributed by atoms with Crippen molar-refractivity contribution < 1.29 is 28.6 Å². The smallest absolute Gasteiger partial charge is 0.295 e. The molecule has 1 N–H and O–H groups in total. The molecule has 4 heterocycles. The topological polar surface area (TPSA) is 107 Å². The van der Waals surface area contributed by atoms with E-state index in [1.165, 1.54) is 4.90 Å². The van der Waals surface area contributed by atoms with Gasteiger partial charge >= 0.3 is 0 Å². The van der Waals surface area contributed by atoms with Gasteiger partial charge in [0.2, 0.25) is 6.79 Å². The zero-order chi connectivity index (χ0) is 22.2. The predicted octanol–water partition coefficient (Wildman–Crippen LogP) is 3.03. The van der Waals surface area contributed by atoms with E-state index in [2.05, 4.69) is 4.98 Å². The minimum Gasteiger partial charge on any atom is -0.507 e. The first-order chi connectivity index (χ1) is 15.5. The Morgan fingerprint density at radius 2 is 2.00 bits per heavy atom. The lowest BCUT2D eigenvalue weighted by atomic mass is 9.99. The van der Waals surface area contributed by atoms with E-state index in [0.29, 0.717) is 48.1 Å². The fourth-order valence-electron chi connectivity index (χ4n) is 4.05. The highest BCUT2D eigenvalue weighted by molar-refractivity contribution is 6.46. The van der Waals surface area contributed by atoms with E-state index >= 15 is 0 Å². The van der Waals surface area contributed by atoms with Crippen molar-refractivity contribution in [1.82, 2.24) is 14.5 Å². The Bertz CT molecular complexity index is 1210. The molecule has 1 unspecified atom stereocenters. The molecule has 5 rings (SSSR count). The average Bonchev–Trinajstić information content (AvgIpc) is 3.58. The summed E-state index contributed by atoms with van der Waals surface area (Å²) in [6.45, 7) is 2.82. The molecule has 9 nitrogen and oxygen atoms in total. The molecule has 0 radical (unpaired) electrons. The molecular formula is C23H21N3O6. The van der Waals surface area contributed by atoms with Gasteiger partial charge in [-0.2, -0.15) is 0 Å². The standard InChI is InChI=1S/C23H21N3O6/c1-14-3-5-17(32-14)20-19(21(27)15-4-6-16-18(11-15)31-13-30-16)22(28)23(29)26(20)9-2-8-25-10-7-24-12-25/h3-7,10-12,20,27H,2,8-9,13H2,1H3. The first-order valence-corrected chi connectivity index (χ1v) is 10.2. The lowest BCUT2D eigenvalue weighted by Crippen LogP contribution is -2.31. The molecule has 0 saturated carbocycles. The molecule has 1 fully saturated rings. The third-order valence-corrected chi connectivity index (χ3v) is 5.59. The number of Topliss-reactive ketones (excluding diaryl/α,β-unsaturated/α-hetero) is 1. The Kier molecular flexibility index (Phi) is 4.93. The molecule has 3 aromatic rings. The number of aliphatic hydroxyl groups is 1. The second kappa shape index (κ2) is 7.92. The van der Waals surface area contributed by atoms with Crippen LogP contribution in [0.1, 0.15) is 29.5 Å². The zero-order valence-electron chi connectivity index (χ0n) is 17.4. The number of likely N-dealkylation sites (tertiary alicyclic amines) is 1. The summed E-state index contributed by atoms with van der Waals surface area (Å²) in [5, 5.41) is 11.1. The molecule has 1 aromatic carbocycles. The third-order valence-electron chi connectivity index (χ3n) is 5.59. The molecule has 2 aliphatic rings. The van der Waals surface area contributed by atoms with E-state index in [0.717, 1.165) is 0 Å². The third kappa shape index (κ3) is 3.41. The minimum absolute atomic E-state index is 0.00848.